The van der Waals surface area contributed by atoms with Crippen molar-refractivity contribution >= 4 is 5.91 Å². The van der Waals surface area contributed by atoms with E-state index in [4.69, 9.17) is 5.73 Å². The van der Waals surface area contributed by atoms with Crippen LogP contribution in [0.15, 0.2) is 0 Å². The minimum Gasteiger partial charge on any atom is -0.346 e. The largest absolute Gasteiger partial charge is 0.471 e. The van der Waals surface area contributed by atoms with Crippen molar-refractivity contribution in [1.29, 1.82) is 0 Å². The van der Waals surface area contributed by atoms with Gasteiger partial charge < -0.3 is 11.1 Å². The summed E-state index contributed by atoms with van der Waals surface area (Å²) in [6.45, 7) is 0. The van der Waals surface area contributed by atoms with Gasteiger partial charge in [0.05, 0.1) is 0 Å². The first-order valence-corrected chi connectivity index (χ1v) is 4.53. The van der Waals surface area contributed by atoms with E-state index in [-0.39, 0.29) is 12.1 Å². The number of alkyl halides is 3. The quantitative estimate of drug-likeness (QED) is 0.676. The van der Waals surface area contributed by atoms with E-state index in [1.54, 1.807) is 0 Å². The predicted molar refractivity (Wildman–Crippen MR) is 44.4 cm³/mol. The maximum absolute atomic E-state index is 11.8. The number of carbonyl (C=O) groups excluding carboxylic acids is 1. The molecule has 1 rings (SSSR count). The molecule has 0 heterocycles. The zero-order valence-electron chi connectivity index (χ0n) is 7.60. The SMILES string of the molecule is N[C@H]1CC[C@H](NC(=O)C(F)(F)F)CC1. The summed E-state index contributed by atoms with van der Waals surface area (Å²) in [6.07, 6.45) is -2.38. The lowest BCUT2D eigenvalue weighted by atomic mass is 9.92. The second-order valence-corrected chi connectivity index (χ2v) is 3.58. The van der Waals surface area contributed by atoms with Gasteiger partial charge in [0.25, 0.3) is 0 Å². The normalized spacial score (nSPS) is 28.6. The van der Waals surface area contributed by atoms with Gasteiger partial charge in [-0.15, -0.1) is 0 Å². The molecule has 0 spiro atoms. The Morgan fingerprint density at radius 1 is 1.21 bits per heavy atom. The van der Waals surface area contributed by atoms with Crippen molar-refractivity contribution in [3.05, 3.63) is 0 Å². The van der Waals surface area contributed by atoms with Crippen LogP contribution in [-0.4, -0.2) is 24.2 Å². The van der Waals surface area contributed by atoms with Crippen molar-refractivity contribution in [3.8, 4) is 0 Å². The van der Waals surface area contributed by atoms with Gasteiger partial charge in [0.2, 0.25) is 0 Å². The Bertz CT molecular complexity index is 209. The Hall–Kier alpha value is -0.780. The first-order valence-electron chi connectivity index (χ1n) is 4.53. The summed E-state index contributed by atoms with van der Waals surface area (Å²) in [6, 6.07) is -0.307. The van der Waals surface area contributed by atoms with E-state index in [1.165, 1.54) is 0 Å². The van der Waals surface area contributed by atoms with Crippen LogP contribution < -0.4 is 11.1 Å². The molecule has 0 radical (unpaired) electrons. The third-order valence-corrected chi connectivity index (χ3v) is 2.36. The molecular formula is C8H13F3N2O. The highest BCUT2D eigenvalue weighted by Crippen LogP contribution is 2.20. The van der Waals surface area contributed by atoms with E-state index in [0.717, 1.165) is 0 Å². The third kappa shape index (κ3) is 3.17. The summed E-state index contributed by atoms with van der Waals surface area (Å²) < 4.78 is 35.5. The fourth-order valence-electron chi connectivity index (χ4n) is 1.53. The fourth-order valence-corrected chi connectivity index (χ4v) is 1.53. The highest BCUT2D eigenvalue weighted by Gasteiger charge is 2.39. The zero-order chi connectivity index (χ0) is 10.8. The molecule has 0 aromatic heterocycles. The van der Waals surface area contributed by atoms with E-state index < -0.39 is 12.1 Å². The average Bonchev–Trinajstić information content (AvgIpc) is 2.07. The molecule has 82 valence electrons. The van der Waals surface area contributed by atoms with Crippen molar-refractivity contribution in [2.24, 2.45) is 5.73 Å². The molecule has 0 atom stereocenters. The molecule has 6 heteroatoms. The second-order valence-electron chi connectivity index (χ2n) is 3.58. The van der Waals surface area contributed by atoms with Gasteiger partial charge >= 0.3 is 12.1 Å². The van der Waals surface area contributed by atoms with E-state index in [2.05, 4.69) is 0 Å². The van der Waals surface area contributed by atoms with Crippen LogP contribution >= 0.6 is 0 Å². The van der Waals surface area contributed by atoms with Gasteiger partial charge in [0.1, 0.15) is 0 Å². The molecule has 1 saturated carbocycles. The van der Waals surface area contributed by atoms with Crippen molar-refractivity contribution in [3.63, 3.8) is 0 Å². The number of hydrogen-bond acceptors (Lipinski definition) is 2. The molecule has 1 aliphatic rings. The smallest absolute Gasteiger partial charge is 0.346 e. The molecule has 0 saturated heterocycles. The molecule has 0 aromatic carbocycles. The Morgan fingerprint density at radius 2 is 1.71 bits per heavy atom. The monoisotopic (exact) mass is 210 g/mol. The third-order valence-electron chi connectivity index (χ3n) is 2.36. The predicted octanol–water partition coefficient (Wildman–Crippen LogP) is 0.935. The number of carbonyl (C=O) groups is 1. The van der Waals surface area contributed by atoms with Gasteiger partial charge in [-0.1, -0.05) is 0 Å². The standard InChI is InChI=1S/C8H13F3N2O/c9-8(10,11)7(14)13-6-3-1-5(12)2-4-6/h5-6H,1-4,12H2,(H,13,14)/t5-,6-. The Kier molecular flexibility index (Phi) is 3.36. The highest BCUT2D eigenvalue weighted by molar-refractivity contribution is 5.81. The van der Waals surface area contributed by atoms with Crippen LogP contribution in [0.25, 0.3) is 0 Å². The van der Waals surface area contributed by atoms with Crippen LogP contribution in [-0.2, 0) is 4.79 Å². The van der Waals surface area contributed by atoms with Crippen LogP contribution in [0.2, 0.25) is 0 Å². The zero-order valence-corrected chi connectivity index (χ0v) is 7.60. The van der Waals surface area contributed by atoms with Crippen LogP contribution in [0, 0.1) is 0 Å². The van der Waals surface area contributed by atoms with Crippen LogP contribution in [0.5, 0.6) is 0 Å². The van der Waals surface area contributed by atoms with Gasteiger partial charge in [-0.3, -0.25) is 4.79 Å². The van der Waals surface area contributed by atoms with Crippen LogP contribution in [0.4, 0.5) is 13.2 Å². The van der Waals surface area contributed by atoms with Crippen LogP contribution in [0.1, 0.15) is 25.7 Å². The van der Waals surface area contributed by atoms with Crippen molar-refractivity contribution in [2.75, 3.05) is 0 Å². The Morgan fingerprint density at radius 3 is 2.14 bits per heavy atom. The lowest BCUT2D eigenvalue weighted by Crippen LogP contribution is -2.45. The van der Waals surface area contributed by atoms with E-state index in [0.29, 0.717) is 25.7 Å². The fraction of sp³-hybridized carbons (Fsp3) is 0.875. The van der Waals surface area contributed by atoms with E-state index >= 15 is 0 Å². The first-order chi connectivity index (χ1) is 6.39. The van der Waals surface area contributed by atoms with Crippen molar-refractivity contribution in [2.45, 2.75) is 43.9 Å². The summed E-state index contributed by atoms with van der Waals surface area (Å²) in [4.78, 5) is 10.5. The molecule has 1 amide bonds. The number of hydrogen-bond donors (Lipinski definition) is 2. The summed E-state index contributed by atoms with van der Waals surface area (Å²) in [5, 5.41) is 1.96. The summed E-state index contributed by atoms with van der Waals surface area (Å²) >= 11 is 0. The molecule has 0 aliphatic heterocycles. The van der Waals surface area contributed by atoms with Crippen molar-refractivity contribution in [1.82, 2.24) is 5.32 Å². The molecule has 0 aromatic rings. The summed E-state index contributed by atoms with van der Waals surface area (Å²) in [7, 11) is 0. The minimum absolute atomic E-state index is 0.0639. The maximum Gasteiger partial charge on any atom is 0.471 e. The Labute approximate surface area is 79.8 Å². The lowest BCUT2D eigenvalue weighted by molar-refractivity contribution is -0.174. The summed E-state index contributed by atoms with van der Waals surface area (Å²) in [5.74, 6) is -1.85. The second kappa shape index (κ2) is 4.16. The first kappa shape index (κ1) is 11.3. The molecule has 14 heavy (non-hydrogen) atoms. The number of nitrogens with two attached hydrogens (primary N) is 1. The average molecular weight is 210 g/mol. The minimum atomic E-state index is -4.78. The van der Waals surface area contributed by atoms with Crippen LogP contribution in [0.3, 0.4) is 0 Å². The molecule has 3 N–H and O–H groups in total. The van der Waals surface area contributed by atoms with Crippen molar-refractivity contribution < 1.29 is 18.0 Å². The maximum atomic E-state index is 11.8. The van der Waals surface area contributed by atoms with Gasteiger partial charge in [0, 0.05) is 12.1 Å². The number of amides is 1. The number of halogens is 3. The van der Waals surface area contributed by atoms with Gasteiger partial charge in [-0.2, -0.15) is 13.2 Å². The highest BCUT2D eigenvalue weighted by atomic mass is 19.4. The van der Waals surface area contributed by atoms with E-state index in [9.17, 15) is 18.0 Å². The van der Waals surface area contributed by atoms with E-state index in [1.807, 2.05) is 5.32 Å². The Balaban J connectivity index is 2.35. The molecule has 0 bridgehead atoms. The molecule has 3 nitrogen and oxygen atoms in total. The molecule has 1 aliphatic carbocycles. The summed E-state index contributed by atoms with van der Waals surface area (Å²) in [5.41, 5.74) is 5.58. The molecule has 0 unspecified atom stereocenters. The van der Waals surface area contributed by atoms with Gasteiger partial charge in [-0.25, -0.2) is 0 Å². The van der Waals surface area contributed by atoms with Gasteiger partial charge in [0.15, 0.2) is 0 Å². The lowest BCUT2D eigenvalue weighted by Gasteiger charge is -2.26. The molecule has 1 fully saturated rings. The molecular weight excluding hydrogens is 197 g/mol. The number of rotatable bonds is 1. The number of nitrogens with one attached hydrogen (secondary N) is 1. The van der Waals surface area contributed by atoms with Gasteiger partial charge in [-0.05, 0) is 25.7 Å². The topological polar surface area (TPSA) is 55.1 Å².